The van der Waals surface area contributed by atoms with E-state index in [1.54, 1.807) is 49.4 Å². The van der Waals surface area contributed by atoms with Gasteiger partial charge in [-0.2, -0.15) is 0 Å². The molecule has 6 heteroatoms. The maximum Gasteiger partial charge on any atom is 0.265 e. The van der Waals surface area contributed by atoms with Crippen molar-refractivity contribution in [2.75, 3.05) is 12.4 Å². The number of rotatable bonds is 7. The minimum atomic E-state index is -0.812. The van der Waals surface area contributed by atoms with Crippen molar-refractivity contribution in [3.8, 4) is 11.5 Å². The normalized spacial score (nSPS) is 11.4. The van der Waals surface area contributed by atoms with E-state index >= 15 is 0 Å². The van der Waals surface area contributed by atoms with Gasteiger partial charge in [-0.25, -0.2) is 0 Å². The maximum atomic E-state index is 12.4. The van der Waals surface area contributed by atoms with Crippen molar-refractivity contribution in [2.45, 2.75) is 26.9 Å². The number of hydrogen-bond acceptors (Lipinski definition) is 5. The number of Topliss-reactive ketones (excluding diaryl/α,β-unsaturated/α-hetero) is 2. The summed E-state index contributed by atoms with van der Waals surface area (Å²) in [5, 5.41) is 2.71. The largest absolute Gasteiger partial charge is 0.493 e. The summed E-state index contributed by atoms with van der Waals surface area (Å²) in [5.41, 5.74) is 1.52. The van der Waals surface area contributed by atoms with Crippen LogP contribution >= 0.6 is 0 Å². The second kappa shape index (κ2) is 8.29. The molecule has 0 spiro atoms. The molecule has 2 aromatic carbocycles. The quantitative estimate of drug-likeness (QED) is 0.769. The van der Waals surface area contributed by atoms with Crippen LogP contribution in [0.2, 0.25) is 0 Å². The van der Waals surface area contributed by atoms with E-state index in [9.17, 15) is 14.4 Å². The third-order valence-corrected chi connectivity index (χ3v) is 3.78. The highest BCUT2D eigenvalue weighted by molar-refractivity contribution is 5.98. The lowest BCUT2D eigenvalue weighted by atomic mass is 10.1. The molecule has 26 heavy (non-hydrogen) atoms. The summed E-state index contributed by atoms with van der Waals surface area (Å²) in [4.78, 5) is 35.2. The Morgan fingerprint density at radius 2 is 1.58 bits per heavy atom. The Labute approximate surface area is 152 Å². The molecule has 1 N–H and O–H groups in total. The van der Waals surface area contributed by atoms with Crippen LogP contribution in [0.3, 0.4) is 0 Å². The maximum absolute atomic E-state index is 12.4. The number of benzene rings is 2. The van der Waals surface area contributed by atoms with E-state index in [0.29, 0.717) is 28.3 Å². The van der Waals surface area contributed by atoms with Gasteiger partial charge in [0.2, 0.25) is 0 Å². The van der Waals surface area contributed by atoms with Crippen LogP contribution in [0, 0.1) is 0 Å². The first-order valence-corrected chi connectivity index (χ1v) is 8.09. The highest BCUT2D eigenvalue weighted by Gasteiger charge is 2.18. The summed E-state index contributed by atoms with van der Waals surface area (Å²) in [6.45, 7) is 4.52. The first-order valence-electron chi connectivity index (χ1n) is 8.09. The molecule has 6 nitrogen and oxygen atoms in total. The molecular weight excluding hydrogens is 334 g/mol. The Morgan fingerprint density at radius 1 is 0.923 bits per heavy atom. The van der Waals surface area contributed by atoms with E-state index in [4.69, 9.17) is 9.47 Å². The monoisotopic (exact) mass is 355 g/mol. The van der Waals surface area contributed by atoms with Gasteiger partial charge in [-0.05, 0) is 51.1 Å². The van der Waals surface area contributed by atoms with Gasteiger partial charge in [-0.15, -0.1) is 0 Å². The fraction of sp³-hybridized carbons (Fsp3) is 0.250. The number of anilines is 1. The minimum Gasteiger partial charge on any atom is -0.493 e. The van der Waals surface area contributed by atoms with Gasteiger partial charge in [0.1, 0.15) is 0 Å². The van der Waals surface area contributed by atoms with Gasteiger partial charge >= 0.3 is 0 Å². The zero-order valence-corrected chi connectivity index (χ0v) is 15.2. The first-order chi connectivity index (χ1) is 12.3. The van der Waals surface area contributed by atoms with Crippen LogP contribution in [0.5, 0.6) is 11.5 Å². The summed E-state index contributed by atoms with van der Waals surface area (Å²) in [6.07, 6.45) is -0.812. The van der Waals surface area contributed by atoms with Crippen LogP contribution in [0.1, 0.15) is 41.5 Å². The molecule has 0 saturated carbocycles. The first kappa shape index (κ1) is 19.2. The number of carbonyl (C=O) groups excluding carboxylic acids is 3. The Balaban J connectivity index is 2.11. The molecule has 2 aromatic rings. The van der Waals surface area contributed by atoms with E-state index in [1.165, 1.54) is 21.0 Å². The lowest BCUT2D eigenvalue weighted by Gasteiger charge is -2.17. The molecule has 0 aliphatic rings. The molecule has 0 unspecified atom stereocenters. The van der Waals surface area contributed by atoms with Gasteiger partial charge in [-0.1, -0.05) is 12.1 Å². The zero-order chi connectivity index (χ0) is 19.3. The Kier molecular flexibility index (Phi) is 6.11. The minimum absolute atomic E-state index is 0.0827. The van der Waals surface area contributed by atoms with E-state index in [-0.39, 0.29) is 17.5 Å². The van der Waals surface area contributed by atoms with Gasteiger partial charge in [0.05, 0.1) is 7.11 Å². The molecule has 0 aromatic heterocycles. The lowest BCUT2D eigenvalue weighted by molar-refractivity contribution is -0.122. The molecule has 136 valence electrons. The highest BCUT2D eigenvalue weighted by atomic mass is 16.5. The van der Waals surface area contributed by atoms with Crippen LogP contribution in [-0.4, -0.2) is 30.7 Å². The zero-order valence-electron chi connectivity index (χ0n) is 15.2. The van der Waals surface area contributed by atoms with Crippen LogP contribution < -0.4 is 14.8 Å². The molecule has 1 atom stereocenters. The fourth-order valence-corrected chi connectivity index (χ4v) is 2.29. The molecule has 0 bridgehead atoms. The van der Waals surface area contributed by atoms with Crippen LogP contribution in [0.15, 0.2) is 42.5 Å². The van der Waals surface area contributed by atoms with Crippen molar-refractivity contribution in [1.29, 1.82) is 0 Å². The van der Waals surface area contributed by atoms with Gasteiger partial charge in [0.15, 0.2) is 29.2 Å². The smallest absolute Gasteiger partial charge is 0.265 e. The van der Waals surface area contributed by atoms with E-state index in [2.05, 4.69) is 5.32 Å². The summed E-state index contributed by atoms with van der Waals surface area (Å²) < 4.78 is 10.9. The van der Waals surface area contributed by atoms with Crippen LogP contribution in [-0.2, 0) is 4.79 Å². The predicted molar refractivity (Wildman–Crippen MR) is 98.2 cm³/mol. The summed E-state index contributed by atoms with van der Waals surface area (Å²) in [7, 11) is 1.46. The Bertz CT molecular complexity index is 844. The van der Waals surface area contributed by atoms with Gasteiger partial charge in [0.25, 0.3) is 5.91 Å². The summed E-state index contributed by atoms with van der Waals surface area (Å²) in [5.74, 6) is 0.184. The van der Waals surface area contributed by atoms with E-state index < -0.39 is 6.10 Å². The number of ketones is 2. The highest BCUT2D eigenvalue weighted by Crippen LogP contribution is 2.29. The van der Waals surface area contributed by atoms with Gasteiger partial charge in [0, 0.05) is 16.8 Å². The van der Waals surface area contributed by atoms with Crippen molar-refractivity contribution in [1.82, 2.24) is 0 Å². The number of hydrogen-bond donors (Lipinski definition) is 1. The topological polar surface area (TPSA) is 81.7 Å². The molecule has 1 amide bonds. The standard InChI is InChI=1S/C20H21NO5/c1-12(22)15-6-5-7-17(10-15)21-20(24)14(3)26-18-9-8-16(13(2)23)11-19(18)25-4/h5-11,14H,1-4H3,(H,21,24)/t14-/m0/s1. The molecule has 0 radical (unpaired) electrons. The van der Waals surface area contributed by atoms with Gasteiger partial charge in [-0.3, -0.25) is 14.4 Å². The third kappa shape index (κ3) is 4.69. The van der Waals surface area contributed by atoms with Crippen molar-refractivity contribution < 1.29 is 23.9 Å². The number of carbonyl (C=O) groups is 3. The predicted octanol–water partition coefficient (Wildman–Crippen LogP) is 3.51. The molecule has 0 fully saturated rings. The number of nitrogens with one attached hydrogen (secondary N) is 1. The summed E-state index contributed by atoms with van der Waals surface area (Å²) in [6, 6.07) is 11.4. The summed E-state index contributed by atoms with van der Waals surface area (Å²) >= 11 is 0. The van der Waals surface area contributed by atoms with Crippen molar-refractivity contribution >= 4 is 23.2 Å². The third-order valence-electron chi connectivity index (χ3n) is 3.78. The van der Waals surface area contributed by atoms with Crippen LogP contribution in [0.25, 0.3) is 0 Å². The van der Waals surface area contributed by atoms with E-state index in [0.717, 1.165) is 0 Å². The van der Waals surface area contributed by atoms with Crippen molar-refractivity contribution in [3.63, 3.8) is 0 Å². The molecule has 0 saturated heterocycles. The number of amides is 1. The van der Waals surface area contributed by atoms with Gasteiger partial charge < -0.3 is 14.8 Å². The SMILES string of the molecule is COc1cc(C(C)=O)ccc1O[C@@H](C)C(=O)Nc1cccc(C(C)=O)c1. The number of methoxy groups -OCH3 is 1. The molecule has 2 rings (SSSR count). The van der Waals surface area contributed by atoms with Crippen LogP contribution in [0.4, 0.5) is 5.69 Å². The van der Waals surface area contributed by atoms with Crippen molar-refractivity contribution in [3.05, 3.63) is 53.6 Å². The average Bonchev–Trinajstić information content (AvgIpc) is 2.61. The van der Waals surface area contributed by atoms with E-state index in [1.807, 2.05) is 0 Å². The Hall–Kier alpha value is -3.15. The fourth-order valence-electron chi connectivity index (χ4n) is 2.29. The molecule has 0 heterocycles. The Morgan fingerprint density at radius 3 is 2.19 bits per heavy atom. The average molecular weight is 355 g/mol. The second-order valence-electron chi connectivity index (χ2n) is 5.81. The van der Waals surface area contributed by atoms with Crippen molar-refractivity contribution in [2.24, 2.45) is 0 Å². The lowest BCUT2D eigenvalue weighted by Crippen LogP contribution is -2.30. The molecule has 0 aliphatic carbocycles. The molecule has 0 aliphatic heterocycles. The second-order valence-corrected chi connectivity index (χ2v) is 5.81. The molecular formula is C20H21NO5. The number of ether oxygens (including phenoxy) is 2.